The third kappa shape index (κ3) is 4.63. The normalized spacial score (nSPS) is 18.9. The van der Waals surface area contributed by atoms with Crippen molar-refractivity contribution in [2.75, 3.05) is 33.3 Å². The summed E-state index contributed by atoms with van der Waals surface area (Å²) >= 11 is 1.66. The van der Waals surface area contributed by atoms with Gasteiger partial charge < -0.3 is 9.64 Å². The molecule has 0 saturated carbocycles. The van der Waals surface area contributed by atoms with Crippen molar-refractivity contribution in [1.82, 2.24) is 19.6 Å². The zero-order valence-electron chi connectivity index (χ0n) is 13.3. The fourth-order valence-electron chi connectivity index (χ4n) is 2.71. The van der Waals surface area contributed by atoms with Gasteiger partial charge in [0.15, 0.2) is 0 Å². The Hall–Kier alpha value is -1.70. The monoisotopic (exact) mass is 334 g/mol. The van der Waals surface area contributed by atoms with Gasteiger partial charge in [-0.1, -0.05) is 0 Å². The van der Waals surface area contributed by atoms with E-state index in [9.17, 15) is 4.79 Å². The Morgan fingerprint density at radius 2 is 2.48 bits per heavy atom. The predicted octanol–water partition coefficient (Wildman–Crippen LogP) is 1.30. The smallest absolute Gasteiger partial charge is 0.236 e. The van der Waals surface area contributed by atoms with E-state index in [1.165, 1.54) is 5.56 Å². The maximum atomic E-state index is 12.4. The average molecular weight is 334 g/mol. The second kappa shape index (κ2) is 7.72. The van der Waals surface area contributed by atoms with E-state index < -0.39 is 0 Å². The lowest BCUT2D eigenvalue weighted by Gasteiger charge is -2.33. The summed E-state index contributed by atoms with van der Waals surface area (Å²) in [6.45, 7) is 4.06. The van der Waals surface area contributed by atoms with Crippen LogP contribution in [0.5, 0.6) is 0 Å². The van der Waals surface area contributed by atoms with E-state index in [4.69, 9.17) is 4.74 Å². The summed E-state index contributed by atoms with van der Waals surface area (Å²) in [4.78, 5) is 16.4. The summed E-state index contributed by atoms with van der Waals surface area (Å²) in [6.07, 6.45) is 3.78. The van der Waals surface area contributed by atoms with Gasteiger partial charge in [0.1, 0.15) is 0 Å². The van der Waals surface area contributed by atoms with Crippen molar-refractivity contribution in [2.45, 2.75) is 19.2 Å². The molecule has 1 aliphatic heterocycles. The summed E-state index contributed by atoms with van der Waals surface area (Å²) in [5, 5.41) is 8.33. The number of hydrogen-bond donors (Lipinski definition) is 0. The van der Waals surface area contributed by atoms with Gasteiger partial charge in [0.05, 0.1) is 25.8 Å². The molecule has 3 rings (SSSR count). The SMILES string of the molecule is CN(Cc1ccsc1)C(=O)CN1CCO[C@H](Cn2cccn2)C1. The van der Waals surface area contributed by atoms with E-state index in [1.54, 1.807) is 22.4 Å². The molecule has 0 bridgehead atoms. The number of rotatable bonds is 6. The Balaban J connectivity index is 1.47. The minimum absolute atomic E-state index is 0.0821. The van der Waals surface area contributed by atoms with Crippen LogP contribution in [0.1, 0.15) is 5.56 Å². The Morgan fingerprint density at radius 3 is 3.22 bits per heavy atom. The highest BCUT2D eigenvalue weighted by Crippen LogP contribution is 2.10. The highest BCUT2D eigenvalue weighted by Gasteiger charge is 2.23. The van der Waals surface area contributed by atoms with Crippen LogP contribution in [0, 0.1) is 0 Å². The number of aromatic nitrogens is 2. The van der Waals surface area contributed by atoms with Crippen LogP contribution in [0.25, 0.3) is 0 Å². The second-order valence-electron chi connectivity index (χ2n) is 5.84. The van der Waals surface area contributed by atoms with Crippen LogP contribution in [-0.4, -0.2) is 64.9 Å². The van der Waals surface area contributed by atoms with E-state index in [-0.39, 0.29) is 12.0 Å². The van der Waals surface area contributed by atoms with Crippen LogP contribution < -0.4 is 0 Å². The van der Waals surface area contributed by atoms with E-state index >= 15 is 0 Å². The summed E-state index contributed by atoms with van der Waals surface area (Å²) in [5.74, 6) is 0.149. The number of thiophene rings is 1. The van der Waals surface area contributed by atoms with Crippen LogP contribution in [0.3, 0.4) is 0 Å². The van der Waals surface area contributed by atoms with Crippen molar-refractivity contribution in [3.05, 3.63) is 40.8 Å². The molecule has 0 unspecified atom stereocenters. The molecule has 2 aromatic rings. The van der Waals surface area contributed by atoms with Crippen molar-refractivity contribution in [3.63, 3.8) is 0 Å². The summed E-state index contributed by atoms with van der Waals surface area (Å²) in [6, 6.07) is 3.97. The van der Waals surface area contributed by atoms with Gasteiger partial charge in [-0.15, -0.1) is 0 Å². The van der Waals surface area contributed by atoms with Crippen molar-refractivity contribution in [3.8, 4) is 0 Å². The molecule has 124 valence electrons. The molecule has 1 saturated heterocycles. The number of nitrogens with zero attached hydrogens (tertiary/aromatic N) is 4. The molecule has 0 N–H and O–H groups in total. The third-order valence-electron chi connectivity index (χ3n) is 3.96. The highest BCUT2D eigenvalue weighted by molar-refractivity contribution is 7.07. The number of likely N-dealkylation sites (N-methyl/N-ethyl adjacent to an activating group) is 1. The van der Waals surface area contributed by atoms with Crippen molar-refractivity contribution >= 4 is 17.2 Å². The first-order valence-electron chi connectivity index (χ1n) is 7.77. The first-order chi connectivity index (χ1) is 11.2. The maximum Gasteiger partial charge on any atom is 0.236 e. The average Bonchev–Trinajstić information content (AvgIpc) is 3.21. The molecule has 1 atom stereocenters. The molecule has 3 heterocycles. The second-order valence-corrected chi connectivity index (χ2v) is 6.62. The Morgan fingerprint density at radius 1 is 1.57 bits per heavy atom. The van der Waals surface area contributed by atoms with Crippen molar-refractivity contribution < 1.29 is 9.53 Å². The number of ether oxygens (including phenoxy) is 1. The minimum Gasteiger partial charge on any atom is -0.374 e. The molecule has 1 amide bonds. The molecular formula is C16H22N4O2S. The van der Waals surface area contributed by atoms with Gasteiger partial charge in [0.2, 0.25) is 5.91 Å². The van der Waals surface area contributed by atoms with E-state index in [0.717, 1.165) is 19.6 Å². The van der Waals surface area contributed by atoms with Gasteiger partial charge in [0, 0.05) is 39.1 Å². The zero-order valence-corrected chi connectivity index (χ0v) is 14.1. The third-order valence-corrected chi connectivity index (χ3v) is 4.69. The molecule has 0 aromatic carbocycles. The van der Waals surface area contributed by atoms with E-state index in [2.05, 4.69) is 21.4 Å². The topological polar surface area (TPSA) is 50.6 Å². The predicted molar refractivity (Wildman–Crippen MR) is 89.2 cm³/mol. The van der Waals surface area contributed by atoms with Crippen LogP contribution in [0.2, 0.25) is 0 Å². The number of amides is 1. The molecular weight excluding hydrogens is 312 g/mol. The van der Waals surface area contributed by atoms with Gasteiger partial charge in [-0.3, -0.25) is 14.4 Å². The lowest BCUT2D eigenvalue weighted by Crippen LogP contribution is -2.48. The van der Waals surface area contributed by atoms with Crippen LogP contribution in [-0.2, 0) is 22.6 Å². The molecule has 0 radical (unpaired) electrons. The van der Waals surface area contributed by atoms with Gasteiger partial charge in [-0.05, 0) is 28.5 Å². The van der Waals surface area contributed by atoms with Crippen LogP contribution in [0.15, 0.2) is 35.3 Å². The largest absolute Gasteiger partial charge is 0.374 e. The molecule has 0 aliphatic carbocycles. The van der Waals surface area contributed by atoms with Crippen molar-refractivity contribution in [2.24, 2.45) is 0 Å². The number of hydrogen-bond acceptors (Lipinski definition) is 5. The quantitative estimate of drug-likeness (QED) is 0.799. The fourth-order valence-corrected chi connectivity index (χ4v) is 3.37. The van der Waals surface area contributed by atoms with E-state index in [1.807, 2.05) is 29.4 Å². The number of carbonyl (C=O) groups is 1. The summed E-state index contributed by atoms with van der Waals surface area (Å²) in [5.41, 5.74) is 1.18. The Labute approximate surface area is 140 Å². The molecule has 1 fully saturated rings. The highest BCUT2D eigenvalue weighted by atomic mass is 32.1. The summed E-state index contributed by atoms with van der Waals surface area (Å²) in [7, 11) is 1.86. The van der Waals surface area contributed by atoms with Gasteiger partial charge in [0.25, 0.3) is 0 Å². The number of morpholine rings is 1. The van der Waals surface area contributed by atoms with Crippen LogP contribution in [0.4, 0.5) is 0 Å². The first kappa shape index (κ1) is 16.2. The standard InChI is InChI=1S/C16H22N4O2S/c1-18(9-14-3-8-23-13-14)16(21)12-19-6-7-22-15(10-19)11-20-5-2-4-17-20/h2-5,8,13,15H,6-7,9-12H2,1H3/t15-/m0/s1. The fraction of sp³-hybridized carbons (Fsp3) is 0.500. The molecule has 0 spiro atoms. The molecule has 2 aromatic heterocycles. The molecule has 7 heteroatoms. The van der Waals surface area contributed by atoms with Crippen LogP contribution >= 0.6 is 11.3 Å². The summed E-state index contributed by atoms with van der Waals surface area (Å²) < 4.78 is 7.66. The van der Waals surface area contributed by atoms with Gasteiger partial charge >= 0.3 is 0 Å². The Kier molecular flexibility index (Phi) is 5.43. The van der Waals surface area contributed by atoms with Crippen molar-refractivity contribution in [1.29, 1.82) is 0 Å². The molecule has 6 nitrogen and oxygen atoms in total. The lowest BCUT2D eigenvalue weighted by molar-refractivity contribution is -0.133. The van der Waals surface area contributed by atoms with E-state index in [0.29, 0.717) is 19.7 Å². The molecule has 23 heavy (non-hydrogen) atoms. The minimum atomic E-state index is 0.0821. The van der Waals surface area contributed by atoms with Gasteiger partial charge in [-0.2, -0.15) is 16.4 Å². The zero-order chi connectivity index (χ0) is 16.1. The van der Waals surface area contributed by atoms with Gasteiger partial charge in [-0.25, -0.2) is 0 Å². The first-order valence-corrected chi connectivity index (χ1v) is 8.71. The number of carbonyl (C=O) groups excluding carboxylic acids is 1. The lowest BCUT2D eigenvalue weighted by atomic mass is 10.2. The molecule has 1 aliphatic rings. The Bertz CT molecular complexity index is 600. The maximum absolute atomic E-state index is 12.4.